The molecule has 2 heterocycles. The summed E-state index contributed by atoms with van der Waals surface area (Å²) in [5.74, 6) is 2.58. The monoisotopic (exact) mass is 614 g/mol. The maximum absolute atomic E-state index is 6.75. The van der Waals surface area contributed by atoms with Gasteiger partial charge in [-0.3, -0.25) is 4.57 Å². The van der Waals surface area contributed by atoms with Gasteiger partial charge in [0.1, 0.15) is 17.3 Å². The molecule has 0 saturated carbocycles. The van der Waals surface area contributed by atoms with E-state index in [2.05, 4.69) is 162 Å². The van der Waals surface area contributed by atoms with E-state index in [1.54, 1.807) is 0 Å². The molecule has 3 nitrogen and oxygen atoms in total. The number of benzene rings is 7. The van der Waals surface area contributed by atoms with E-state index in [0.29, 0.717) is 0 Å². The molecule has 1 aromatic heterocycles. The quantitative estimate of drug-likeness (QED) is 0.198. The Morgan fingerprint density at radius 1 is 0.417 bits per heavy atom. The van der Waals surface area contributed by atoms with E-state index in [1.807, 2.05) is 24.3 Å². The van der Waals surface area contributed by atoms with Crippen LogP contribution in [0.4, 0.5) is 0 Å². The van der Waals surface area contributed by atoms with Crippen LogP contribution in [0.2, 0.25) is 0 Å². The van der Waals surface area contributed by atoms with Crippen molar-refractivity contribution >= 4 is 23.2 Å². The molecule has 226 valence electrons. The number of aromatic nitrogens is 2. The number of imidazole rings is 1. The van der Waals surface area contributed by atoms with Crippen molar-refractivity contribution in [3.05, 3.63) is 181 Å². The van der Waals surface area contributed by atoms with Crippen molar-refractivity contribution in [3.8, 4) is 62.0 Å². The van der Waals surface area contributed by atoms with Crippen LogP contribution < -0.4 is 4.74 Å². The van der Waals surface area contributed by atoms with Gasteiger partial charge in [-0.2, -0.15) is 0 Å². The van der Waals surface area contributed by atoms with Crippen LogP contribution in [0.1, 0.15) is 11.1 Å². The van der Waals surface area contributed by atoms with Crippen LogP contribution >= 0.6 is 0 Å². The summed E-state index contributed by atoms with van der Waals surface area (Å²) >= 11 is 0. The Morgan fingerprint density at radius 3 is 1.73 bits per heavy atom. The molecule has 9 rings (SSSR count). The van der Waals surface area contributed by atoms with Gasteiger partial charge in [-0.05, 0) is 75.8 Å². The lowest BCUT2D eigenvalue weighted by Crippen LogP contribution is -1.97. The van der Waals surface area contributed by atoms with E-state index < -0.39 is 0 Å². The van der Waals surface area contributed by atoms with Gasteiger partial charge in [0.05, 0.1) is 11.0 Å². The molecule has 0 saturated heterocycles. The molecule has 0 unspecified atom stereocenters. The second kappa shape index (κ2) is 11.7. The minimum Gasteiger partial charge on any atom is -0.456 e. The van der Waals surface area contributed by atoms with E-state index in [-0.39, 0.29) is 0 Å². The molecule has 48 heavy (non-hydrogen) atoms. The van der Waals surface area contributed by atoms with Crippen LogP contribution in [0.5, 0.6) is 11.5 Å². The van der Waals surface area contributed by atoms with Crippen molar-refractivity contribution in [1.29, 1.82) is 0 Å². The second-order valence-corrected chi connectivity index (χ2v) is 12.0. The zero-order valence-corrected chi connectivity index (χ0v) is 26.1. The maximum Gasteiger partial charge on any atom is 0.145 e. The van der Waals surface area contributed by atoms with Crippen molar-refractivity contribution in [2.75, 3.05) is 0 Å². The van der Waals surface area contributed by atoms with E-state index in [9.17, 15) is 0 Å². The Balaban J connectivity index is 1.22. The molecule has 1 aliphatic heterocycles. The van der Waals surface area contributed by atoms with Gasteiger partial charge in [0, 0.05) is 22.4 Å². The van der Waals surface area contributed by atoms with Gasteiger partial charge in [0.15, 0.2) is 0 Å². The lowest BCUT2D eigenvalue weighted by Gasteiger charge is -2.16. The second-order valence-electron chi connectivity index (χ2n) is 12.0. The maximum atomic E-state index is 6.75. The molecule has 1 aliphatic rings. The van der Waals surface area contributed by atoms with Gasteiger partial charge in [-0.1, -0.05) is 140 Å². The first-order valence-electron chi connectivity index (χ1n) is 16.2. The molecule has 7 aromatic carbocycles. The summed E-state index contributed by atoms with van der Waals surface area (Å²) < 4.78 is 9.00. The Hall–Kier alpha value is -6.45. The lowest BCUT2D eigenvalue weighted by atomic mass is 9.93. The highest BCUT2D eigenvalue weighted by Gasteiger charge is 2.18. The molecule has 0 spiro atoms. The highest BCUT2D eigenvalue weighted by atomic mass is 16.5. The van der Waals surface area contributed by atoms with Crippen LogP contribution in [-0.4, -0.2) is 9.55 Å². The molecule has 0 N–H and O–H groups in total. The predicted octanol–water partition coefficient (Wildman–Crippen LogP) is 12.0. The summed E-state index contributed by atoms with van der Waals surface area (Å²) in [6.45, 7) is 0. The molecule has 0 fully saturated rings. The van der Waals surface area contributed by atoms with Crippen LogP contribution in [0.15, 0.2) is 170 Å². The highest BCUT2D eigenvalue weighted by Crippen LogP contribution is 2.42. The molecule has 0 amide bonds. The fourth-order valence-corrected chi connectivity index (χ4v) is 6.74. The highest BCUT2D eigenvalue weighted by molar-refractivity contribution is 5.92. The number of rotatable bonds is 3. The minimum absolute atomic E-state index is 0.820. The lowest BCUT2D eigenvalue weighted by molar-refractivity contribution is 0.486. The number of hydrogen-bond acceptors (Lipinski definition) is 2. The van der Waals surface area contributed by atoms with Crippen LogP contribution in [0, 0.1) is 0 Å². The van der Waals surface area contributed by atoms with Crippen LogP contribution in [-0.2, 0) is 0 Å². The normalized spacial score (nSPS) is 12.5. The zero-order chi connectivity index (χ0) is 31.9. The Bertz CT molecular complexity index is 2470. The van der Waals surface area contributed by atoms with Gasteiger partial charge in [0.25, 0.3) is 0 Å². The molecular formula is C45H30N2O. The number of para-hydroxylation sites is 3. The first-order valence-corrected chi connectivity index (χ1v) is 16.2. The third-order valence-corrected chi connectivity index (χ3v) is 9.07. The van der Waals surface area contributed by atoms with Crippen molar-refractivity contribution in [1.82, 2.24) is 9.55 Å². The van der Waals surface area contributed by atoms with E-state index >= 15 is 0 Å². The van der Waals surface area contributed by atoms with Gasteiger partial charge < -0.3 is 4.74 Å². The van der Waals surface area contributed by atoms with Crippen molar-refractivity contribution in [3.63, 3.8) is 0 Å². The van der Waals surface area contributed by atoms with Gasteiger partial charge in [-0.25, -0.2) is 4.98 Å². The first kappa shape index (κ1) is 27.8. The van der Waals surface area contributed by atoms with E-state index in [1.165, 1.54) is 0 Å². The summed E-state index contributed by atoms with van der Waals surface area (Å²) in [7, 11) is 0. The number of fused-ring (bicyclic) bond motifs is 7. The molecule has 0 aliphatic carbocycles. The molecule has 8 aromatic rings. The average Bonchev–Trinajstić information content (AvgIpc) is 3.53. The van der Waals surface area contributed by atoms with Crippen LogP contribution in [0.25, 0.3) is 73.6 Å². The first-order chi connectivity index (χ1) is 23.8. The number of hydrogen-bond donors (Lipinski definition) is 0. The van der Waals surface area contributed by atoms with Gasteiger partial charge in [-0.15, -0.1) is 0 Å². The Morgan fingerprint density at radius 2 is 0.979 bits per heavy atom. The summed E-state index contributed by atoms with van der Waals surface area (Å²) in [4.78, 5) is 5.20. The average molecular weight is 615 g/mol. The number of ether oxygens (including phenoxy) is 1. The number of nitrogens with zero attached hydrogens (tertiary/aromatic N) is 2. The molecular weight excluding hydrogens is 585 g/mol. The standard InChI is InChI=1S/C45H30N2O/c1-3-14-33(15-4-1)45-46-41-30-35(27-28-42(41)47(45)36-16-5-2-6-17-36)34-26-25-32-24-23-31-13-7-8-18-37(31)38-19-9-11-21-43(38)48-44-22-12-10-20-39(44)40(32)29-34/h1-30H/b24-23-. The van der Waals surface area contributed by atoms with E-state index in [0.717, 1.165) is 84.1 Å². The third kappa shape index (κ3) is 4.90. The molecule has 0 atom stereocenters. The molecule has 3 heteroatoms. The third-order valence-electron chi connectivity index (χ3n) is 9.07. The summed E-state index contributed by atoms with van der Waals surface area (Å²) in [6, 6.07) is 59.3. The predicted molar refractivity (Wildman–Crippen MR) is 198 cm³/mol. The Labute approximate surface area is 279 Å². The molecule has 0 radical (unpaired) electrons. The molecule has 0 bridgehead atoms. The largest absolute Gasteiger partial charge is 0.456 e. The SMILES string of the molecule is C1=C\c2ccc(-c3ccc4c(c3)nc(-c3ccccc3)n4-c3ccccc3)cc2-c2ccccc2Oc2ccccc2-c2ccccc2/1. The van der Waals surface area contributed by atoms with Crippen molar-refractivity contribution in [2.45, 2.75) is 0 Å². The minimum atomic E-state index is 0.820. The summed E-state index contributed by atoms with van der Waals surface area (Å²) in [5, 5.41) is 0. The fourth-order valence-electron chi connectivity index (χ4n) is 6.74. The van der Waals surface area contributed by atoms with Gasteiger partial charge >= 0.3 is 0 Å². The smallest absolute Gasteiger partial charge is 0.145 e. The van der Waals surface area contributed by atoms with Crippen LogP contribution in [0.3, 0.4) is 0 Å². The van der Waals surface area contributed by atoms with E-state index in [4.69, 9.17) is 9.72 Å². The summed E-state index contributed by atoms with van der Waals surface area (Å²) in [5.41, 5.74) is 13.0. The Kier molecular flexibility index (Phi) is 6.80. The topological polar surface area (TPSA) is 27.1 Å². The summed E-state index contributed by atoms with van der Waals surface area (Å²) in [6.07, 6.45) is 4.44. The van der Waals surface area contributed by atoms with Crippen molar-refractivity contribution in [2.24, 2.45) is 0 Å². The zero-order valence-electron chi connectivity index (χ0n) is 26.1. The van der Waals surface area contributed by atoms with Crippen molar-refractivity contribution < 1.29 is 4.74 Å². The fraction of sp³-hybridized carbons (Fsp3) is 0. The van der Waals surface area contributed by atoms with Gasteiger partial charge in [0.2, 0.25) is 0 Å².